The smallest absolute Gasteiger partial charge is 0.0937 e. The van der Waals surface area contributed by atoms with Gasteiger partial charge in [-0.3, -0.25) is 0 Å². The number of hydrogen-bond acceptors (Lipinski definition) is 2. The molecule has 136 valence electrons. The third-order valence-electron chi connectivity index (χ3n) is 9.86. The molecule has 1 aromatic heterocycles. The lowest BCUT2D eigenvalue weighted by molar-refractivity contribution is -0.101. The SMILES string of the molecule is C[C@]12CC3O[C@H]3C[C@H]1CC[C@@H]1[C@@H]2CC[C@]2(C)[C@@H](c3ccoc3)CC[C@@H]12. The van der Waals surface area contributed by atoms with Crippen molar-refractivity contribution in [3.05, 3.63) is 24.2 Å². The van der Waals surface area contributed by atoms with Gasteiger partial charge >= 0.3 is 0 Å². The summed E-state index contributed by atoms with van der Waals surface area (Å²) in [4.78, 5) is 0. The molecule has 4 aliphatic carbocycles. The van der Waals surface area contributed by atoms with Crippen LogP contribution >= 0.6 is 0 Å². The molecule has 0 radical (unpaired) electrons. The first kappa shape index (κ1) is 15.3. The zero-order valence-electron chi connectivity index (χ0n) is 15.7. The zero-order chi connectivity index (χ0) is 16.8. The summed E-state index contributed by atoms with van der Waals surface area (Å²) in [7, 11) is 0. The first-order valence-electron chi connectivity index (χ1n) is 10.8. The quantitative estimate of drug-likeness (QED) is 0.605. The summed E-state index contributed by atoms with van der Waals surface area (Å²) in [6, 6.07) is 2.23. The second-order valence-electron chi connectivity index (χ2n) is 10.5. The highest BCUT2D eigenvalue weighted by atomic mass is 16.6. The molecule has 1 saturated heterocycles. The topological polar surface area (TPSA) is 25.7 Å². The minimum absolute atomic E-state index is 0.502. The van der Waals surface area contributed by atoms with Gasteiger partial charge < -0.3 is 9.15 Å². The van der Waals surface area contributed by atoms with Gasteiger partial charge in [0, 0.05) is 0 Å². The summed E-state index contributed by atoms with van der Waals surface area (Å²) in [5.74, 6) is 4.52. The van der Waals surface area contributed by atoms with Gasteiger partial charge in [0.15, 0.2) is 0 Å². The van der Waals surface area contributed by atoms with Crippen molar-refractivity contribution in [1.29, 1.82) is 0 Å². The largest absolute Gasteiger partial charge is 0.472 e. The number of furan rings is 1. The van der Waals surface area contributed by atoms with E-state index in [4.69, 9.17) is 9.15 Å². The molecule has 25 heavy (non-hydrogen) atoms. The van der Waals surface area contributed by atoms with Crippen molar-refractivity contribution in [3.63, 3.8) is 0 Å². The molecule has 0 aromatic carbocycles. The van der Waals surface area contributed by atoms with Crippen LogP contribution in [0.5, 0.6) is 0 Å². The number of epoxide rings is 1. The first-order chi connectivity index (χ1) is 12.1. The summed E-state index contributed by atoms with van der Waals surface area (Å²) in [5.41, 5.74) is 2.53. The van der Waals surface area contributed by atoms with E-state index < -0.39 is 0 Å². The van der Waals surface area contributed by atoms with E-state index in [1.807, 2.05) is 12.5 Å². The van der Waals surface area contributed by atoms with E-state index >= 15 is 0 Å². The van der Waals surface area contributed by atoms with Crippen molar-refractivity contribution >= 4 is 0 Å². The minimum Gasteiger partial charge on any atom is -0.472 e. The van der Waals surface area contributed by atoms with Gasteiger partial charge in [-0.1, -0.05) is 13.8 Å². The fourth-order valence-electron chi connectivity index (χ4n) is 8.54. The number of hydrogen-bond donors (Lipinski definition) is 0. The summed E-state index contributed by atoms with van der Waals surface area (Å²) >= 11 is 0. The number of fused-ring (bicyclic) bond motifs is 6. The van der Waals surface area contributed by atoms with E-state index in [2.05, 4.69) is 19.9 Å². The predicted octanol–water partition coefficient (Wildman–Crippen LogP) is 5.78. The normalized spacial score (nSPS) is 56.5. The van der Waals surface area contributed by atoms with Gasteiger partial charge in [0.2, 0.25) is 0 Å². The average molecular weight is 341 g/mol. The highest BCUT2D eigenvalue weighted by Crippen LogP contribution is 2.70. The van der Waals surface area contributed by atoms with Crippen LogP contribution in [0, 0.1) is 34.5 Å². The Labute approximate surface area is 151 Å². The van der Waals surface area contributed by atoms with Gasteiger partial charge in [0.1, 0.15) is 0 Å². The molecule has 0 N–H and O–H groups in total. The van der Waals surface area contributed by atoms with Crippen molar-refractivity contribution < 1.29 is 9.15 Å². The molecule has 2 heteroatoms. The molecule has 0 spiro atoms. The molecule has 0 amide bonds. The maximum absolute atomic E-state index is 5.98. The molecule has 6 rings (SSSR count). The van der Waals surface area contributed by atoms with Gasteiger partial charge in [-0.15, -0.1) is 0 Å². The summed E-state index contributed by atoms with van der Waals surface area (Å²) < 4.78 is 11.4. The van der Waals surface area contributed by atoms with Gasteiger partial charge in [0.05, 0.1) is 24.7 Å². The van der Waals surface area contributed by atoms with E-state index in [1.54, 1.807) is 0 Å². The molecule has 4 saturated carbocycles. The molecule has 1 aliphatic heterocycles. The fourth-order valence-corrected chi connectivity index (χ4v) is 8.54. The van der Waals surface area contributed by atoms with E-state index in [0.29, 0.717) is 23.0 Å². The lowest BCUT2D eigenvalue weighted by atomic mass is 9.45. The number of ether oxygens (including phenoxy) is 1. The van der Waals surface area contributed by atoms with Crippen LogP contribution in [-0.2, 0) is 4.74 Å². The van der Waals surface area contributed by atoms with Crippen molar-refractivity contribution in [2.24, 2.45) is 34.5 Å². The van der Waals surface area contributed by atoms with Gasteiger partial charge in [-0.25, -0.2) is 0 Å². The monoisotopic (exact) mass is 340 g/mol. The van der Waals surface area contributed by atoms with E-state index in [-0.39, 0.29) is 0 Å². The Morgan fingerprint density at radius 3 is 2.68 bits per heavy atom. The molecule has 2 heterocycles. The highest BCUT2D eigenvalue weighted by molar-refractivity contribution is 5.22. The van der Waals surface area contributed by atoms with E-state index in [1.165, 1.54) is 56.9 Å². The Balaban J connectivity index is 1.32. The van der Waals surface area contributed by atoms with Crippen LogP contribution in [0.25, 0.3) is 0 Å². The summed E-state index contributed by atoms with van der Waals surface area (Å²) in [6.07, 6.45) is 16.5. The van der Waals surface area contributed by atoms with E-state index in [0.717, 1.165) is 29.6 Å². The second kappa shape index (κ2) is 4.94. The first-order valence-corrected chi connectivity index (χ1v) is 10.8. The Hall–Kier alpha value is -0.760. The maximum Gasteiger partial charge on any atom is 0.0937 e. The number of rotatable bonds is 1. The fraction of sp³-hybridized carbons (Fsp3) is 0.826. The highest BCUT2D eigenvalue weighted by Gasteiger charge is 2.63. The van der Waals surface area contributed by atoms with Crippen LogP contribution in [0.4, 0.5) is 0 Å². The van der Waals surface area contributed by atoms with Crippen molar-refractivity contribution in [1.82, 2.24) is 0 Å². The van der Waals surface area contributed by atoms with Crippen LogP contribution in [0.3, 0.4) is 0 Å². The molecular weight excluding hydrogens is 308 g/mol. The molecule has 5 aliphatic rings. The Bertz CT molecular complexity index is 666. The standard InChI is InChI=1S/C23H32O2/c1-22-9-7-19-16(18(22)6-5-17(22)14-8-10-24-13-14)4-3-15-11-20-21(25-20)12-23(15,19)2/h8,10,13,15-21H,3-7,9,11-12H2,1-2H3/t15-,16+,17-,18+,19+,20+,21?,22-,23+/m1/s1. The molecule has 2 nitrogen and oxygen atoms in total. The van der Waals surface area contributed by atoms with Crippen molar-refractivity contribution in [3.8, 4) is 0 Å². The summed E-state index contributed by atoms with van der Waals surface area (Å²) in [6.45, 7) is 5.27. The average Bonchev–Trinajstić information content (AvgIpc) is 2.98. The van der Waals surface area contributed by atoms with Crippen LogP contribution in [0.1, 0.15) is 76.7 Å². The lowest BCUT2D eigenvalue weighted by Crippen LogP contribution is -2.53. The third kappa shape index (κ3) is 1.95. The van der Waals surface area contributed by atoms with Gasteiger partial charge in [0.25, 0.3) is 0 Å². The molecular formula is C23H32O2. The molecule has 5 fully saturated rings. The second-order valence-corrected chi connectivity index (χ2v) is 10.5. The molecule has 1 aromatic rings. The molecule has 0 bridgehead atoms. The van der Waals surface area contributed by atoms with E-state index in [9.17, 15) is 0 Å². The van der Waals surface area contributed by atoms with Crippen LogP contribution in [0.2, 0.25) is 0 Å². The minimum atomic E-state index is 0.502. The molecule has 1 unspecified atom stereocenters. The predicted molar refractivity (Wildman–Crippen MR) is 97.2 cm³/mol. The Morgan fingerprint density at radius 1 is 0.960 bits per heavy atom. The van der Waals surface area contributed by atoms with Crippen LogP contribution in [-0.4, -0.2) is 12.2 Å². The maximum atomic E-state index is 5.98. The van der Waals surface area contributed by atoms with Gasteiger partial charge in [-0.2, -0.15) is 0 Å². The van der Waals surface area contributed by atoms with Crippen molar-refractivity contribution in [2.45, 2.75) is 83.3 Å². The van der Waals surface area contributed by atoms with Crippen LogP contribution in [0.15, 0.2) is 23.0 Å². The third-order valence-corrected chi connectivity index (χ3v) is 9.86. The lowest BCUT2D eigenvalue weighted by Gasteiger charge is -2.60. The van der Waals surface area contributed by atoms with Crippen molar-refractivity contribution in [2.75, 3.05) is 0 Å². The molecule has 9 atom stereocenters. The Kier molecular flexibility index (Phi) is 3.03. The summed E-state index contributed by atoms with van der Waals surface area (Å²) in [5, 5.41) is 0. The Morgan fingerprint density at radius 2 is 1.84 bits per heavy atom. The zero-order valence-corrected chi connectivity index (χ0v) is 15.7. The van der Waals surface area contributed by atoms with Gasteiger partial charge in [-0.05, 0) is 103 Å². The van der Waals surface area contributed by atoms with Crippen LogP contribution < -0.4 is 0 Å².